The summed E-state index contributed by atoms with van der Waals surface area (Å²) in [6.07, 6.45) is 4.23. The fourth-order valence-electron chi connectivity index (χ4n) is 4.20. The lowest BCUT2D eigenvalue weighted by atomic mass is 10.1. The number of carbonyl (C=O) groups is 1. The Morgan fingerprint density at radius 1 is 0.971 bits per heavy atom. The zero-order chi connectivity index (χ0) is 23.5. The van der Waals surface area contributed by atoms with Crippen LogP contribution in [0.25, 0.3) is 16.7 Å². The lowest BCUT2D eigenvalue weighted by molar-refractivity contribution is 0.0954. The second-order valence-electron chi connectivity index (χ2n) is 8.02. The molecule has 0 bridgehead atoms. The zero-order valence-electron chi connectivity index (χ0n) is 18.8. The minimum Gasteiger partial charge on any atom is -0.496 e. The van der Waals surface area contributed by atoms with Gasteiger partial charge in [-0.1, -0.05) is 30.3 Å². The van der Waals surface area contributed by atoms with Crippen LogP contribution in [0.2, 0.25) is 0 Å². The van der Waals surface area contributed by atoms with E-state index in [1.165, 1.54) is 0 Å². The maximum absolute atomic E-state index is 13.1. The number of fused-ring (bicyclic) bond motifs is 3. The molecule has 0 fully saturated rings. The number of rotatable bonds is 7. The fraction of sp³-hybridized carbons (Fsp3) is 0.148. The number of para-hydroxylation sites is 1. The second kappa shape index (κ2) is 9.23. The Bertz CT molecular complexity index is 1530. The van der Waals surface area contributed by atoms with Crippen LogP contribution in [-0.4, -0.2) is 33.5 Å². The molecule has 0 unspecified atom stereocenters. The summed E-state index contributed by atoms with van der Waals surface area (Å²) in [6.45, 7) is 0.870. The lowest BCUT2D eigenvalue weighted by Crippen LogP contribution is -2.26. The molecule has 0 saturated carbocycles. The molecule has 1 amide bonds. The minimum absolute atomic E-state index is 0.102. The van der Waals surface area contributed by atoms with Gasteiger partial charge in [-0.2, -0.15) is 0 Å². The maximum Gasteiger partial charge on any atom is 0.276 e. The first-order chi connectivity index (χ1) is 16.7. The summed E-state index contributed by atoms with van der Waals surface area (Å²) < 4.78 is 8.90. The molecule has 0 saturated heterocycles. The Morgan fingerprint density at radius 2 is 1.76 bits per heavy atom. The highest BCUT2D eigenvalue weighted by molar-refractivity contribution is 5.94. The van der Waals surface area contributed by atoms with Crippen LogP contribution < -0.4 is 15.6 Å². The van der Waals surface area contributed by atoms with Crippen LogP contribution in [-0.2, 0) is 13.0 Å². The maximum atomic E-state index is 13.1. The first-order valence-electron chi connectivity index (χ1n) is 11.1. The van der Waals surface area contributed by atoms with Gasteiger partial charge in [0.1, 0.15) is 11.3 Å². The summed E-state index contributed by atoms with van der Waals surface area (Å²) in [5.41, 5.74) is 4.52. The number of hydrogen-bond acceptors (Lipinski definition) is 4. The molecule has 3 aromatic heterocycles. The smallest absolute Gasteiger partial charge is 0.276 e. The summed E-state index contributed by atoms with van der Waals surface area (Å²) in [5, 5.41) is 2.96. The van der Waals surface area contributed by atoms with Crippen molar-refractivity contribution in [2.45, 2.75) is 13.0 Å². The van der Waals surface area contributed by atoms with Crippen molar-refractivity contribution < 1.29 is 9.53 Å². The van der Waals surface area contributed by atoms with Gasteiger partial charge in [-0.3, -0.25) is 14.2 Å². The van der Waals surface area contributed by atoms with Crippen molar-refractivity contribution in [1.29, 1.82) is 0 Å². The number of ether oxygens (including phenoxy) is 1. The summed E-state index contributed by atoms with van der Waals surface area (Å²) >= 11 is 0. The first kappa shape index (κ1) is 21.5. The molecule has 170 valence electrons. The van der Waals surface area contributed by atoms with Gasteiger partial charge in [0.25, 0.3) is 11.5 Å². The molecule has 5 rings (SSSR count). The van der Waals surface area contributed by atoms with Crippen molar-refractivity contribution in [2.75, 3.05) is 13.7 Å². The van der Waals surface area contributed by atoms with E-state index in [0.29, 0.717) is 36.2 Å². The molecule has 0 radical (unpaired) electrons. The highest BCUT2D eigenvalue weighted by Gasteiger charge is 2.12. The predicted octanol–water partition coefficient (Wildman–Crippen LogP) is 3.68. The molecule has 34 heavy (non-hydrogen) atoms. The van der Waals surface area contributed by atoms with Crippen LogP contribution >= 0.6 is 0 Å². The van der Waals surface area contributed by atoms with Gasteiger partial charge in [-0.05, 0) is 60.0 Å². The van der Waals surface area contributed by atoms with Crippen molar-refractivity contribution in [2.24, 2.45) is 0 Å². The topological polar surface area (TPSA) is 77.6 Å². The van der Waals surface area contributed by atoms with Gasteiger partial charge in [0.2, 0.25) is 0 Å². The lowest BCUT2D eigenvalue weighted by Gasteiger charge is -2.12. The van der Waals surface area contributed by atoms with Crippen LogP contribution in [0.1, 0.15) is 21.5 Å². The fourth-order valence-corrected chi connectivity index (χ4v) is 4.20. The van der Waals surface area contributed by atoms with Crippen molar-refractivity contribution in [3.63, 3.8) is 0 Å². The van der Waals surface area contributed by atoms with Gasteiger partial charge in [-0.15, -0.1) is 0 Å². The SMILES string of the molecule is COc1ccccc1CCNC(=O)c1ccc(Cn2c(=O)c3cccn3c3cccnc32)cc1. The first-order valence-corrected chi connectivity index (χ1v) is 11.1. The molecule has 3 heterocycles. The normalized spacial score (nSPS) is 11.1. The number of pyridine rings is 1. The molecule has 2 aromatic carbocycles. The summed E-state index contributed by atoms with van der Waals surface area (Å²) in [4.78, 5) is 30.1. The van der Waals surface area contributed by atoms with E-state index in [-0.39, 0.29) is 11.5 Å². The molecule has 0 aliphatic heterocycles. The Hall–Kier alpha value is -4.39. The minimum atomic E-state index is -0.139. The zero-order valence-corrected chi connectivity index (χ0v) is 18.8. The molecule has 0 aliphatic rings. The third-order valence-corrected chi connectivity index (χ3v) is 5.92. The van der Waals surface area contributed by atoms with Crippen LogP contribution in [0.3, 0.4) is 0 Å². The monoisotopic (exact) mass is 452 g/mol. The second-order valence-corrected chi connectivity index (χ2v) is 8.02. The van der Waals surface area contributed by atoms with Gasteiger partial charge < -0.3 is 14.5 Å². The van der Waals surface area contributed by atoms with E-state index in [1.807, 2.05) is 71.3 Å². The van der Waals surface area contributed by atoms with E-state index < -0.39 is 0 Å². The van der Waals surface area contributed by atoms with Crippen LogP contribution in [0.5, 0.6) is 5.75 Å². The number of benzene rings is 2. The average Bonchev–Trinajstić information content (AvgIpc) is 3.38. The molecular weight excluding hydrogens is 428 g/mol. The van der Waals surface area contributed by atoms with Crippen molar-refractivity contribution in [3.8, 4) is 5.75 Å². The number of hydrogen-bond donors (Lipinski definition) is 1. The number of nitrogens with zero attached hydrogens (tertiary/aromatic N) is 3. The van der Waals surface area contributed by atoms with E-state index in [9.17, 15) is 9.59 Å². The van der Waals surface area contributed by atoms with Crippen LogP contribution in [0, 0.1) is 0 Å². The van der Waals surface area contributed by atoms with Gasteiger partial charge in [0.15, 0.2) is 5.65 Å². The molecule has 0 atom stereocenters. The molecule has 1 N–H and O–H groups in total. The number of aromatic nitrogens is 3. The van der Waals surface area contributed by atoms with Gasteiger partial charge in [0.05, 0.1) is 19.2 Å². The highest BCUT2D eigenvalue weighted by Crippen LogP contribution is 2.18. The summed E-state index contributed by atoms with van der Waals surface area (Å²) in [7, 11) is 1.64. The third-order valence-electron chi connectivity index (χ3n) is 5.92. The van der Waals surface area contributed by atoms with Crippen molar-refractivity contribution >= 4 is 22.6 Å². The van der Waals surface area contributed by atoms with Crippen LogP contribution in [0.15, 0.2) is 90.0 Å². The molecule has 0 spiro atoms. The van der Waals surface area contributed by atoms with E-state index in [0.717, 1.165) is 22.4 Å². The Kier molecular flexibility index (Phi) is 5.82. The largest absolute Gasteiger partial charge is 0.496 e. The van der Waals surface area contributed by atoms with E-state index in [4.69, 9.17) is 4.74 Å². The summed E-state index contributed by atoms with van der Waals surface area (Å²) in [6, 6.07) is 22.6. The third kappa shape index (κ3) is 4.03. The van der Waals surface area contributed by atoms with Gasteiger partial charge in [0, 0.05) is 24.5 Å². The van der Waals surface area contributed by atoms with Gasteiger partial charge in [-0.25, -0.2) is 4.98 Å². The number of nitrogens with one attached hydrogen (secondary N) is 1. The van der Waals surface area contributed by atoms with Crippen molar-refractivity contribution in [1.82, 2.24) is 19.3 Å². The number of methoxy groups -OCH3 is 1. The standard InChI is InChI=1S/C27H24N4O3/c1-34-24-9-3-2-6-20(24)14-16-29-26(32)21-12-10-19(11-13-21)18-31-25-22(7-4-15-28-25)30-17-5-8-23(30)27(31)33/h2-13,15,17H,14,16,18H2,1H3,(H,29,32). The molecule has 5 aromatic rings. The Morgan fingerprint density at radius 3 is 2.59 bits per heavy atom. The Balaban J connectivity index is 1.31. The molecule has 7 nitrogen and oxygen atoms in total. The molecule has 0 aliphatic carbocycles. The molecule has 7 heteroatoms. The van der Waals surface area contributed by atoms with E-state index in [1.54, 1.807) is 30.0 Å². The summed E-state index contributed by atoms with van der Waals surface area (Å²) in [5.74, 6) is 0.678. The van der Waals surface area contributed by atoms with E-state index >= 15 is 0 Å². The highest BCUT2D eigenvalue weighted by atomic mass is 16.5. The number of carbonyl (C=O) groups excluding carboxylic acids is 1. The van der Waals surface area contributed by atoms with Crippen LogP contribution in [0.4, 0.5) is 0 Å². The average molecular weight is 453 g/mol. The quantitative estimate of drug-likeness (QED) is 0.409. The van der Waals surface area contributed by atoms with Crippen molar-refractivity contribution in [3.05, 3.63) is 112 Å². The number of amides is 1. The predicted molar refractivity (Wildman–Crippen MR) is 132 cm³/mol. The van der Waals surface area contributed by atoms with Gasteiger partial charge >= 0.3 is 0 Å². The van der Waals surface area contributed by atoms with E-state index in [2.05, 4.69) is 10.3 Å². The molecular formula is C27H24N4O3. The Labute approximate surface area is 196 Å².